The normalized spacial score (nSPS) is 40.2. The smallest absolute Gasteiger partial charge is 0.315 e. The maximum atomic E-state index is 13.7. The van der Waals surface area contributed by atoms with E-state index in [2.05, 4.69) is 82.2 Å². The van der Waals surface area contributed by atoms with Gasteiger partial charge in [-0.2, -0.15) is 0 Å². The maximum Gasteiger partial charge on any atom is 0.315 e. The molecule has 1 aromatic rings. The standard InChI is InChI=1S/C43H65N3O3/c1-29(47)30-11-13-31(14-12-30)32-17-20-40(6)35(39(32,4)5)18-21-42(8)36(40)16-15-33-34-10-9-19-43(34,23-22-41(33,42)7)45-37(48)44-28-38(2,3)46-24-26-49-27-25-46/h11-14,17,33-36H,9-10,15-16,18-28H2,1-8H3,(H2,44,45,48)/t33?,34?,35?,36?,40?,41-,42?,43?/m1/s1. The number of ketones is 1. The number of rotatable bonds is 6. The van der Waals surface area contributed by atoms with Crippen LogP contribution in [0, 0.1) is 45.3 Å². The van der Waals surface area contributed by atoms with Gasteiger partial charge in [0, 0.05) is 36.3 Å². The zero-order valence-electron chi connectivity index (χ0n) is 32.0. The van der Waals surface area contributed by atoms with Crippen LogP contribution >= 0.6 is 0 Å². The molecule has 6 nitrogen and oxygen atoms in total. The number of nitrogens with zero attached hydrogens (tertiary/aromatic N) is 1. The molecule has 0 spiro atoms. The molecule has 1 aromatic carbocycles. The van der Waals surface area contributed by atoms with Gasteiger partial charge in [-0.1, -0.05) is 71.4 Å². The highest BCUT2D eigenvalue weighted by molar-refractivity contribution is 5.94. The second-order valence-corrected chi connectivity index (χ2v) is 19.2. The van der Waals surface area contributed by atoms with E-state index in [4.69, 9.17) is 4.74 Å². The number of carbonyl (C=O) groups excluding carboxylic acids is 2. The summed E-state index contributed by atoms with van der Waals surface area (Å²) in [5.74, 6) is 2.70. The third kappa shape index (κ3) is 5.47. The Balaban J connectivity index is 1.09. The molecule has 0 bridgehead atoms. The largest absolute Gasteiger partial charge is 0.379 e. The van der Waals surface area contributed by atoms with E-state index in [9.17, 15) is 9.59 Å². The van der Waals surface area contributed by atoms with Crippen molar-refractivity contribution in [3.8, 4) is 0 Å². The van der Waals surface area contributed by atoms with Crippen molar-refractivity contribution in [1.29, 1.82) is 0 Å². The van der Waals surface area contributed by atoms with Crippen molar-refractivity contribution in [2.75, 3.05) is 32.8 Å². The first-order valence-electron chi connectivity index (χ1n) is 19.8. The monoisotopic (exact) mass is 672 g/mol. The average molecular weight is 672 g/mol. The summed E-state index contributed by atoms with van der Waals surface area (Å²) in [6.45, 7) is 23.2. The SMILES string of the molecule is CC(=O)c1ccc(C2=CCC3(C)C(CCC4(C)C3CCC3C5CCCC5(NC(=O)NCC(C)(C)N5CCOCC5)CC[C@]34C)C2(C)C)cc1. The molecule has 2 N–H and O–H groups in total. The summed E-state index contributed by atoms with van der Waals surface area (Å²) in [5, 5.41) is 7.00. The fraction of sp³-hybridized carbons (Fsp3) is 0.767. The molecule has 6 heteroatoms. The highest BCUT2D eigenvalue weighted by Crippen LogP contribution is 2.76. The molecular formula is C43H65N3O3. The molecule has 0 aromatic heterocycles. The minimum absolute atomic E-state index is 0.0349. The fourth-order valence-electron chi connectivity index (χ4n) is 13.6. The van der Waals surface area contributed by atoms with Gasteiger partial charge in [0.2, 0.25) is 0 Å². The molecule has 8 atom stereocenters. The summed E-state index contributed by atoms with van der Waals surface area (Å²) in [5.41, 5.74) is 4.32. The second kappa shape index (κ2) is 12.2. The number of hydrogen-bond donors (Lipinski definition) is 2. The van der Waals surface area contributed by atoms with E-state index in [1.165, 1.54) is 56.1 Å². The van der Waals surface area contributed by atoms with E-state index in [1.54, 1.807) is 6.92 Å². The van der Waals surface area contributed by atoms with Gasteiger partial charge in [-0.3, -0.25) is 9.69 Å². The summed E-state index contributed by atoms with van der Waals surface area (Å²) in [6.07, 6.45) is 14.8. The van der Waals surface area contributed by atoms with Gasteiger partial charge >= 0.3 is 6.03 Å². The van der Waals surface area contributed by atoms with Crippen LogP contribution in [0.4, 0.5) is 4.79 Å². The molecule has 49 heavy (non-hydrogen) atoms. The molecule has 2 amide bonds. The number of hydrogen-bond acceptors (Lipinski definition) is 4. The van der Waals surface area contributed by atoms with E-state index in [0.717, 1.165) is 51.1 Å². The number of urea groups is 1. The topological polar surface area (TPSA) is 70.7 Å². The van der Waals surface area contributed by atoms with Gasteiger partial charge in [0.15, 0.2) is 5.78 Å². The molecule has 1 heterocycles. The Morgan fingerprint density at radius 3 is 2.27 bits per heavy atom. The van der Waals surface area contributed by atoms with Crippen molar-refractivity contribution in [2.45, 2.75) is 131 Å². The number of carbonyl (C=O) groups is 2. The zero-order chi connectivity index (χ0) is 35.0. The fourth-order valence-corrected chi connectivity index (χ4v) is 13.6. The third-order valence-electron chi connectivity index (χ3n) is 16.5. The quantitative estimate of drug-likeness (QED) is 0.297. The van der Waals surface area contributed by atoms with E-state index < -0.39 is 0 Å². The maximum absolute atomic E-state index is 13.7. The van der Waals surface area contributed by atoms with Crippen molar-refractivity contribution in [1.82, 2.24) is 15.5 Å². The van der Waals surface area contributed by atoms with Crippen molar-refractivity contribution in [2.24, 2.45) is 45.3 Å². The highest BCUT2D eigenvalue weighted by Gasteiger charge is 2.69. The molecular weight excluding hydrogens is 606 g/mol. The van der Waals surface area contributed by atoms with E-state index >= 15 is 0 Å². The first-order valence-corrected chi connectivity index (χ1v) is 19.8. The first kappa shape index (κ1) is 35.2. The predicted octanol–water partition coefficient (Wildman–Crippen LogP) is 8.90. The van der Waals surface area contributed by atoms with Crippen LogP contribution in [-0.2, 0) is 4.74 Å². The number of morpholine rings is 1. The highest BCUT2D eigenvalue weighted by atomic mass is 16.5. The minimum atomic E-state index is -0.0926. The Bertz CT molecular complexity index is 1480. The van der Waals surface area contributed by atoms with Crippen LogP contribution in [0.2, 0.25) is 0 Å². The number of amides is 2. The Kier molecular flexibility index (Phi) is 8.78. The van der Waals surface area contributed by atoms with Crippen LogP contribution in [0.1, 0.15) is 136 Å². The Morgan fingerprint density at radius 1 is 0.857 bits per heavy atom. The van der Waals surface area contributed by atoms with Gasteiger partial charge in [-0.15, -0.1) is 0 Å². The van der Waals surface area contributed by atoms with Gasteiger partial charge in [0.1, 0.15) is 0 Å². The molecule has 7 rings (SSSR count). The van der Waals surface area contributed by atoms with Gasteiger partial charge in [0.25, 0.3) is 0 Å². The van der Waals surface area contributed by atoms with Gasteiger partial charge in [-0.05, 0) is 135 Å². The lowest BCUT2D eigenvalue weighted by Gasteiger charge is -2.72. The van der Waals surface area contributed by atoms with Gasteiger partial charge in [-0.25, -0.2) is 4.79 Å². The number of allylic oxidation sites excluding steroid dienone is 2. The minimum Gasteiger partial charge on any atom is -0.379 e. The molecule has 1 saturated heterocycles. The van der Waals surface area contributed by atoms with Crippen molar-refractivity contribution in [3.63, 3.8) is 0 Å². The summed E-state index contributed by atoms with van der Waals surface area (Å²) < 4.78 is 5.58. The molecule has 0 radical (unpaired) electrons. The molecule has 7 unspecified atom stereocenters. The second-order valence-electron chi connectivity index (χ2n) is 19.2. The zero-order valence-corrected chi connectivity index (χ0v) is 32.0. The lowest BCUT2D eigenvalue weighted by molar-refractivity contribution is -0.216. The summed E-state index contributed by atoms with van der Waals surface area (Å²) in [6, 6.07) is 8.43. The lowest BCUT2D eigenvalue weighted by Crippen LogP contribution is -2.68. The molecule has 6 aliphatic rings. The lowest BCUT2D eigenvalue weighted by atomic mass is 9.33. The number of Topliss-reactive ketones (excluding diaryl/α,β-unsaturated/α-hetero) is 1. The average Bonchev–Trinajstić information content (AvgIpc) is 3.48. The van der Waals surface area contributed by atoms with Crippen molar-refractivity contribution >= 4 is 17.4 Å². The Labute approximate surface area is 297 Å². The summed E-state index contributed by atoms with van der Waals surface area (Å²) >= 11 is 0. The van der Waals surface area contributed by atoms with Crippen LogP contribution in [0.5, 0.6) is 0 Å². The molecule has 1 aliphatic heterocycles. The van der Waals surface area contributed by atoms with Crippen molar-refractivity contribution < 1.29 is 14.3 Å². The molecule has 270 valence electrons. The molecule has 4 saturated carbocycles. The van der Waals surface area contributed by atoms with Crippen LogP contribution in [0.15, 0.2) is 30.3 Å². The predicted molar refractivity (Wildman–Crippen MR) is 198 cm³/mol. The Hall–Kier alpha value is -2.18. The number of benzene rings is 1. The van der Waals surface area contributed by atoms with E-state index in [1.807, 2.05) is 12.1 Å². The van der Waals surface area contributed by atoms with Crippen LogP contribution in [-0.4, -0.2) is 60.6 Å². The van der Waals surface area contributed by atoms with Crippen LogP contribution in [0.3, 0.4) is 0 Å². The Morgan fingerprint density at radius 2 is 1.57 bits per heavy atom. The van der Waals surface area contributed by atoms with Crippen LogP contribution < -0.4 is 10.6 Å². The number of nitrogens with one attached hydrogen (secondary N) is 2. The van der Waals surface area contributed by atoms with Crippen molar-refractivity contribution in [3.05, 3.63) is 41.5 Å². The number of fused-ring (bicyclic) bond motifs is 7. The summed E-state index contributed by atoms with van der Waals surface area (Å²) in [7, 11) is 0. The van der Waals surface area contributed by atoms with Gasteiger partial charge in [0.05, 0.1) is 13.2 Å². The summed E-state index contributed by atoms with van der Waals surface area (Å²) in [4.78, 5) is 28.1. The van der Waals surface area contributed by atoms with Crippen LogP contribution in [0.25, 0.3) is 5.57 Å². The first-order chi connectivity index (χ1) is 23.1. The van der Waals surface area contributed by atoms with Gasteiger partial charge < -0.3 is 15.4 Å². The third-order valence-corrected chi connectivity index (χ3v) is 16.5. The molecule has 5 aliphatic carbocycles. The van der Waals surface area contributed by atoms with E-state index in [0.29, 0.717) is 35.6 Å². The number of ether oxygens (including phenoxy) is 1. The molecule has 5 fully saturated rings. The van der Waals surface area contributed by atoms with E-state index in [-0.39, 0.29) is 39.1 Å².